The number of para-hydroxylation sites is 1. The van der Waals surface area contributed by atoms with E-state index in [1.807, 2.05) is 34.1 Å². The number of ether oxygens (including phenoxy) is 1. The first-order valence-electron chi connectivity index (χ1n) is 9.21. The van der Waals surface area contributed by atoms with Crippen LogP contribution in [0.25, 0.3) is 0 Å². The molecule has 2 aliphatic heterocycles. The van der Waals surface area contributed by atoms with E-state index in [1.165, 1.54) is 6.07 Å². The molecule has 8 heteroatoms. The van der Waals surface area contributed by atoms with Crippen LogP contribution in [0.3, 0.4) is 0 Å². The zero-order chi connectivity index (χ0) is 19.7. The highest BCUT2D eigenvalue weighted by Crippen LogP contribution is 2.32. The molecule has 28 heavy (non-hydrogen) atoms. The number of nitrogens with zero attached hydrogens (tertiary/aromatic N) is 3. The molecule has 146 valence electrons. The molecule has 0 radical (unpaired) electrons. The number of anilines is 1. The minimum atomic E-state index is -0.421. The molecule has 2 aliphatic rings. The molecule has 2 aromatic rings. The van der Waals surface area contributed by atoms with Gasteiger partial charge in [0.2, 0.25) is 5.91 Å². The van der Waals surface area contributed by atoms with Crippen molar-refractivity contribution >= 4 is 28.9 Å². The Hall–Kier alpha value is -2.80. The van der Waals surface area contributed by atoms with E-state index >= 15 is 0 Å². The first-order valence-corrected chi connectivity index (χ1v) is 9.59. The molecule has 4 rings (SSSR count). The van der Waals surface area contributed by atoms with E-state index in [4.69, 9.17) is 16.3 Å². The first-order chi connectivity index (χ1) is 13.5. The van der Waals surface area contributed by atoms with Gasteiger partial charge < -0.3 is 14.5 Å². The van der Waals surface area contributed by atoms with Crippen molar-refractivity contribution in [3.8, 4) is 5.75 Å². The van der Waals surface area contributed by atoms with Gasteiger partial charge in [-0.05, 0) is 30.2 Å². The zero-order valence-electron chi connectivity index (χ0n) is 15.2. The maximum Gasteiger partial charge on any atom is 0.294 e. The Labute approximate surface area is 167 Å². The number of piperazine rings is 1. The lowest BCUT2D eigenvalue weighted by molar-refractivity contribution is -0.384. The fourth-order valence-corrected chi connectivity index (χ4v) is 3.99. The number of rotatable bonds is 3. The molecule has 0 aliphatic carbocycles. The maximum absolute atomic E-state index is 12.9. The second-order valence-corrected chi connectivity index (χ2v) is 7.46. The van der Waals surface area contributed by atoms with Gasteiger partial charge in [-0.2, -0.15) is 0 Å². The summed E-state index contributed by atoms with van der Waals surface area (Å²) in [6.07, 6.45) is 0.678. The Morgan fingerprint density at radius 2 is 1.89 bits per heavy atom. The molecular formula is C20H20ClN3O4. The quantitative estimate of drug-likeness (QED) is 0.583. The fourth-order valence-electron chi connectivity index (χ4n) is 3.82. The van der Waals surface area contributed by atoms with E-state index in [2.05, 4.69) is 0 Å². The van der Waals surface area contributed by atoms with Crippen LogP contribution >= 0.6 is 11.6 Å². The maximum atomic E-state index is 12.9. The summed E-state index contributed by atoms with van der Waals surface area (Å²) in [4.78, 5) is 27.6. The van der Waals surface area contributed by atoms with Crippen LogP contribution in [-0.4, -0.2) is 48.5 Å². The Morgan fingerprint density at radius 3 is 2.64 bits per heavy atom. The van der Waals surface area contributed by atoms with E-state index < -0.39 is 4.92 Å². The summed E-state index contributed by atoms with van der Waals surface area (Å²) < 4.78 is 5.75. The van der Waals surface area contributed by atoms with Gasteiger partial charge in [0.1, 0.15) is 18.0 Å². The predicted molar refractivity (Wildman–Crippen MR) is 106 cm³/mol. The summed E-state index contributed by atoms with van der Waals surface area (Å²) in [5.74, 6) is 0.748. The Morgan fingerprint density at radius 1 is 1.14 bits per heavy atom. The van der Waals surface area contributed by atoms with Gasteiger partial charge in [-0.25, -0.2) is 0 Å². The minimum absolute atomic E-state index is 0.00966. The van der Waals surface area contributed by atoms with Crippen LogP contribution in [0.1, 0.15) is 5.56 Å². The smallest absolute Gasteiger partial charge is 0.294 e. The van der Waals surface area contributed by atoms with Crippen molar-refractivity contribution in [1.29, 1.82) is 0 Å². The molecule has 0 spiro atoms. The Balaban J connectivity index is 1.41. The van der Waals surface area contributed by atoms with Gasteiger partial charge in [0.25, 0.3) is 5.69 Å². The van der Waals surface area contributed by atoms with Crippen molar-refractivity contribution in [1.82, 2.24) is 4.90 Å². The number of nitro benzene ring substituents is 1. The molecule has 0 N–H and O–H groups in total. The van der Waals surface area contributed by atoms with Crippen molar-refractivity contribution in [2.75, 3.05) is 37.7 Å². The van der Waals surface area contributed by atoms with Gasteiger partial charge in [0, 0.05) is 37.3 Å². The molecule has 2 aromatic carbocycles. The van der Waals surface area contributed by atoms with Crippen molar-refractivity contribution in [3.63, 3.8) is 0 Å². The van der Waals surface area contributed by atoms with E-state index in [1.54, 1.807) is 12.1 Å². The number of carbonyl (C=O) groups excluding carboxylic acids is 1. The third-order valence-electron chi connectivity index (χ3n) is 5.29. The fraction of sp³-hybridized carbons (Fsp3) is 0.350. The second kappa shape index (κ2) is 7.67. The summed E-state index contributed by atoms with van der Waals surface area (Å²) >= 11 is 5.90. The van der Waals surface area contributed by atoms with Gasteiger partial charge in [0.15, 0.2) is 0 Å². The lowest BCUT2D eigenvalue weighted by Crippen LogP contribution is -2.51. The van der Waals surface area contributed by atoms with Crippen LogP contribution in [0.15, 0.2) is 42.5 Å². The summed E-state index contributed by atoms with van der Waals surface area (Å²) in [6, 6.07) is 12.5. The van der Waals surface area contributed by atoms with Crippen LogP contribution in [0.5, 0.6) is 5.75 Å². The number of amides is 1. The van der Waals surface area contributed by atoms with Crippen LogP contribution in [0.2, 0.25) is 5.02 Å². The van der Waals surface area contributed by atoms with Gasteiger partial charge in [0.05, 0.1) is 10.8 Å². The third kappa shape index (κ3) is 3.62. The SMILES string of the molecule is O=C(C1COc2ccccc2C1)N1CCN(c2ccc(Cl)cc2[N+](=O)[O-])CC1. The molecule has 1 unspecified atom stereocenters. The molecule has 0 saturated carbocycles. The summed E-state index contributed by atoms with van der Waals surface area (Å²) in [5, 5.41) is 11.7. The van der Waals surface area contributed by atoms with Gasteiger partial charge in [-0.3, -0.25) is 14.9 Å². The zero-order valence-corrected chi connectivity index (χ0v) is 16.0. The predicted octanol–water partition coefficient (Wildman–Crippen LogP) is 3.15. The molecule has 1 atom stereocenters. The number of hydrogen-bond donors (Lipinski definition) is 0. The standard InChI is InChI=1S/C20H20ClN3O4/c21-16-5-6-17(18(12-16)24(26)27)22-7-9-23(10-8-22)20(25)15-11-14-3-1-2-4-19(14)28-13-15/h1-6,12,15H,7-11,13H2. The van der Waals surface area contributed by atoms with Crippen molar-refractivity contribution in [3.05, 3.63) is 63.2 Å². The number of fused-ring (bicyclic) bond motifs is 1. The first kappa shape index (κ1) is 18.6. The monoisotopic (exact) mass is 401 g/mol. The largest absolute Gasteiger partial charge is 0.492 e. The molecular weight excluding hydrogens is 382 g/mol. The Kier molecular flexibility index (Phi) is 5.09. The van der Waals surface area contributed by atoms with Crippen molar-refractivity contribution < 1.29 is 14.5 Å². The topological polar surface area (TPSA) is 75.9 Å². The third-order valence-corrected chi connectivity index (χ3v) is 5.53. The molecule has 1 amide bonds. The van der Waals surface area contributed by atoms with Crippen molar-refractivity contribution in [2.24, 2.45) is 5.92 Å². The molecule has 7 nitrogen and oxygen atoms in total. The second-order valence-electron chi connectivity index (χ2n) is 7.02. The normalized spacial score (nSPS) is 19.0. The highest BCUT2D eigenvalue weighted by molar-refractivity contribution is 6.30. The molecule has 1 saturated heterocycles. The number of carbonyl (C=O) groups is 1. The lowest BCUT2D eigenvalue weighted by atomic mass is 9.95. The molecule has 2 heterocycles. The van der Waals surface area contributed by atoms with E-state index in [0.29, 0.717) is 49.9 Å². The number of nitro groups is 1. The molecule has 1 fully saturated rings. The van der Waals surface area contributed by atoms with Gasteiger partial charge in [-0.15, -0.1) is 0 Å². The lowest BCUT2D eigenvalue weighted by Gasteiger charge is -2.38. The molecule has 0 aromatic heterocycles. The van der Waals surface area contributed by atoms with E-state index in [9.17, 15) is 14.9 Å². The van der Waals surface area contributed by atoms with Gasteiger partial charge in [-0.1, -0.05) is 29.8 Å². The highest BCUT2D eigenvalue weighted by Gasteiger charge is 2.32. The average molecular weight is 402 g/mol. The van der Waals surface area contributed by atoms with Crippen LogP contribution < -0.4 is 9.64 Å². The average Bonchev–Trinajstić information content (AvgIpc) is 2.73. The number of halogens is 1. The van der Waals surface area contributed by atoms with Crippen LogP contribution in [0, 0.1) is 16.0 Å². The highest BCUT2D eigenvalue weighted by atomic mass is 35.5. The number of hydrogen-bond acceptors (Lipinski definition) is 5. The number of benzene rings is 2. The van der Waals surface area contributed by atoms with Crippen LogP contribution in [-0.2, 0) is 11.2 Å². The van der Waals surface area contributed by atoms with Gasteiger partial charge >= 0.3 is 0 Å². The Bertz CT molecular complexity index is 912. The van der Waals surface area contributed by atoms with Crippen LogP contribution in [0.4, 0.5) is 11.4 Å². The van der Waals surface area contributed by atoms with Crippen molar-refractivity contribution in [2.45, 2.75) is 6.42 Å². The summed E-state index contributed by atoms with van der Waals surface area (Å²) in [5.41, 5.74) is 1.59. The summed E-state index contributed by atoms with van der Waals surface area (Å²) in [6.45, 7) is 2.52. The van der Waals surface area contributed by atoms with E-state index in [-0.39, 0.29) is 17.5 Å². The minimum Gasteiger partial charge on any atom is -0.492 e. The van der Waals surface area contributed by atoms with E-state index in [0.717, 1.165) is 11.3 Å². The molecule has 0 bridgehead atoms. The summed E-state index contributed by atoms with van der Waals surface area (Å²) in [7, 11) is 0.